The van der Waals surface area contributed by atoms with Crippen LogP contribution in [0.5, 0.6) is 0 Å². The van der Waals surface area contributed by atoms with Crippen molar-refractivity contribution in [2.45, 2.75) is 27.7 Å². The van der Waals surface area contributed by atoms with E-state index in [9.17, 15) is 9.13 Å². The van der Waals surface area contributed by atoms with Gasteiger partial charge in [-0.2, -0.15) is 0 Å². The van der Waals surface area contributed by atoms with E-state index in [4.69, 9.17) is 41.4 Å². The van der Waals surface area contributed by atoms with Crippen LogP contribution < -0.4 is 0 Å². The number of rotatable bonds is 22. The molecule has 0 saturated carbocycles. The Morgan fingerprint density at radius 3 is 0.897 bits per heavy atom. The Bertz CT molecular complexity index is 404. The summed E-state index contributed by atoms with van der Waals surface area (Å²) in [7, 11) is -6.98. The molecule has 0 aliphatic carbocycles. The second-order valence-corrected chi connectivity index (χ2v) is 8.41. The summed E-state index contributed by atoms with van der Waals surface area (Å²) >= 11 is 0. The zero-order valence-electron chi connectivity index (χ0n) is 17.9. The van der Waals surface area contributed by atoms with Crippen molar-refractivity contribution in [2.24, 2.45) is 0 Å². The highest BCUT2D eigenvalue weighted by atomic mass is 31.2. The number of ether oxygens (including phenoxy) is 3. The van der Waals surface area contributed by atoms with E-state index in [0.717, 1.165) is 0 Å². The molecule has 0 aromatic heterocycles. The minimum absolute atomic E-state index is 0.0910. The molecule has 0 unspecified atom stereocenters. The Hall–Kier alpha value is 0.1000. The van der Waals surface area contributed by atoms with Crippen molar-refractivity contribution >= 4 is 15.6 Å². The van der Waals surface area contributed by atoms with Gasteiger partial charge in [-0.25, -0.2) is 9.13 Å². The molecule has 0 rings (SSSR count). The summed E-state index contributed by atoms with van der Waals surface area (Å²) in [5, 5.41) is 0. The third kappa shape index (κ3) is 16.5. The Kier molecular flexibility index (Phi) is 18.9. The first kappa shape index (κ1) is 29.1. The van der Waals surface area contributed by atoms with Crippen LogP contribution in [0.1, 0.15) is 27.7 Å². The molecule has 0 saturated heterocycles. The molecular formula is C16H36O11P2. The summed E-state index contributed by atoms with van der Waals surface area (Å²) < 4.78 is 70.2. The molecule has 0 bridgehead atoms. The standard InChI is InChI=1S/C16H36O11P2/c1-5-22-28(17,23-6-2)26-15-13-20-11-9-19-10-12-21-14-16-27-29(18,24-7-3)25-8-4/h5-16H2,1-4H3. The maximum absolute atomic E-state index is 12.0. The topological polar surface area (TPSA) is 117 Å². The second-order valence-electron chi connectivity index (χ2n) is 5.07. The van der Waals surface area contributed by atoms with E-state index >= 15 is 0 Å². The molecule has 0 atom stereocenters. The smallest absolute Gasteiger partial charge is 0.377 e. The molecule has 13 heteroatoms. The van der Waals surface area contributed by atoms with E-state index in [-0.39, 0.29) is 52.9 Å². The molecule has 0 N–H and O–H groups in total. The van der Waals surface area contributed by atoms with Gasteiger partial charge in [0.2, 0.25) is 0 Å². The number of phosphoric acid groups is 2. The maximum atomic E-state index is 12.0. The number of hydrogen-bond donors (Lipinski definition) is 0. The highest BCUT2D eigenvalue weighted by Crippen LogP contribution is 2.49. The lowest BCUT2D eigenvalue weighted by atomic mass is 10.7. The first-order valence-corrected chi connectivity index (χ1v) is 12.7. The van der Waals surface area contributed by atoms with E-state index < -0.39 is 15.6 Å². The van der Waals surface area contributed by atoms with Crippen molar-refractivity contribution in [1.29, 1.82) is 0 Å². The fraction of sp³-hybridized carbons (Fsp3) is 1.00. The van der Waals surface area contributed by atoms with Crippen LogP contribution in [0.3, 0.4) is 0 Å². The van der Waals surface area contributed by atoms with E-state index in [1.54, 1.807) is 27.7 Å². The summed E-state index contributed by atoms with van der Waals surface area (Å²) in [6, 6.07) is 0. The molecule has 0 aliphatic rings. The fourth-order valence-electron chi connectivity index (χ4n) is 1.81. The third-order valence-electron chi connectivity index (χ3n) is 2.85. The Labute approximate surface area is 173 Å². The lowest BCUT2D eigenvalue weighted by molar-refractivity contribution is -0.000433. The van der Waals surface area contributed by atoms with Crippen LogP contribution in [0, 0.1) is 0 Å². The highest BCUT2D eigenvalue weighted by molar-refractivity contribution is 7.48. The molecule has 176 valence electrons. The van der Waals surface area contributed by atoms with E-state index in [2.05, 4.69) is 0 Å². The van der Waals surface area contributed by atoms with Crippen LogP contribution in [0.4, 0.5) is 0 Å². The normalized spacial score (nSPS) is 12.6. The van der Waals surface area contributed by atoms with Gasteiger partial charge in [-0.05, 0) is 27.7 Å². The zero-order valence-corrected chi connectivity index (χ0v) is 19.7. The third-order valence-corrected chi connectivity index (χ3v) is 6.14. The van der Waals surface area contributed by atoms with Crippen molar-refractivity contribution in [3.63, 3.8) is 0 Å². The average Bonchev–Trinajstić information content (AvgIpc) is 2.66. The first-order chi connectivity index (χ1) is 13.9. The van der Waals surface area contributed by atoms with Gasteiger partial charge in [0.05, 0.1) is 79.3 Å². The Morgan fingerprint density at radius 2 is 0.655 bits per heavy atom. The monoisotopic (exact) mass is 466 g/mol. The van der Waals surface area contributed by atoms with Gasteiger partial charge in [0, 0.05) is 0 Å². The van der Waals surface area contributed by atoms with Crippen molar-refractivity contribution in [1.82, 2.24) is 0 Å². The van der Waals surface area contributed by atoms with Gasteiger partial charge < -0.3 is 14.2 Å². The summed E-state index contributed by atoms with van der Waals surface area (Å²) in [5.41, 5.74) is 0. The Morgan fingerprint density at radius 1 is 0.414 bits per heavy atom. The van der Waals surface area contributed by atoms with Crippen molar-refractivity contribution in [3.8, 4) is 0 Å². The zero-order chi connectivity index (χ0) is 21.8. The summed E-state index contributed by atoms with van der Waals surface area (Å²) in [5.74, 6) is 0. The molecule has 29 heavy (non-hydrogen) atoms. The molecular weight excluding hydrogens is 430 g/mol. The molecule has 0 aromatic rings. The van der Waals surface area contributed by atoms with E-state index in [1.807, 2.05) is 0 Å². The number of phosphoric ester groups is 2. The molecule has 0 heterocycles. The van der Waals surface area contributed by atoms with Crippen molar-refractivity contribution in [2.75, 3.05) is 79.3 Å². The van der Waals surface area contributed by atoms with Crippen LogP contribution in [0.2, 0.25) is 0 Å². The predicted octanol–water partition coefficient (Wildman–Crippen LogP) is 3.43. The largest absolute Gasteiger partial charge is 0.474 e. The maximum Gasteiger partial charge on any atom is 0.474 e. The molecule has 0 aromatic carbocycles. The van der Waals surface area contributed by atoms with Gasteiger partial charge in [-0.1, -0.05) is 0 Å². The summed E-state index contributed by atoms with van der Waals surface area (Å²) in [6.07, 6.45) is 0. The minimum Gasteiger partial charge on any atom is -0.377 e. The van der Waals surface area contributed by atoms with Crippen LogP contribution in [-0.4, -0.2) is 79.3 Å². The second kappa shape index (κ2) is 18.8. The van der Waals surface area contributed by atoms with Gasteiger partial charge >= 0.3 is 15.6 Å². The van der Waals surface area contributed by atoms with E-state index in [1.165, 1.54) is 0 Å². The number of hydrogen-bond acceptors (Lipinski definition) is 11. The van der Waals surface area contributed by atoms with Crippen LogP contribution in [0.15, 0.2) is 0 Å². The lowest BCUT2D eigenvalue weighted by Gasteiger charge is -2.16. The highest BCUT2D eigenvalue weighted by Gasteiger charge is 2.25. The van der Waals surface area contributed by atoms with Crippen molar-refractivity contribution < 1.29 is 50.5 Å². The quantitative estimate of drug-likeness (QED) is 0.172. The minimum atomic E-state index is -3.49. The molecule has 0 amide bonds. The summed E-state index contributed by atoms with van der Waals surface area (Å²) in [4.78, 5) is 0. The van der Waals surface area contributed by atoms with Crippen LogP contribution in [-0.2, 0) is 50.5 Å². The molecule has 0 fully saturated rings. The molecule has 0 radical (unpaired) electrons. The first-order valence-electron chi connectivity index (χ1n) is 9.75. The lowest BCUT2D eigenvalue weighted by Crippen LogP contribution is -2.13. The molecule has 11 nitrogen and oxygen atoms in total. The van der Waals surface area contributed by atoms with Gasteiger partial charge in [-0.15, -0.1) is 0 Å². The molecule has 0 aliphatic heterocycles. The molecule has 0 spiro atoms. The van der Waals surface area contributed by atoms with Gasteiger partial charge in [-0.3, -0.25) is 27.1 Å². The van der Waals surface area contributed by atoms with Crippen LogP contribution >= 0.6 is 15.6 Å². The van der Waals surface area contributed by atoms with E-state index in [0.29, 0.717) is 26.4 Å². The fourth-order valence-corrected chi connectivity index (χ4v) is 4.12. The van der Waals surface area contributed by atoms with Gasteiger partial charge in [0.1, 0.15) is 0 Å². The van der Waals surface area contributed by atoms with Gasteiger partial charge in [0.25, 0.3) is 0 Å². The summed E-state index contributed by atoms with van der Waals surface area (Å²) in [6.45, 7) is 9.88. The Balaban J connectivity index is 3.54. The van der Waals surface area contributed by atoms with Crippen LogP contribution in [0.25, 0.3) is 0 Å². The SMILES string of the molecule is CCOP(=O)(OCC)OCCOCCOCCOCCOP(=O)(OCC)OCC. The average molecular weight is 466 g/mol. The van der Waals surface area contributed by atoms with Crippen molar-refractivity contribution in [3.05, 3.63) is 0 Å². The van der Waals surface area contributed by atoms with Gasteiger partial charge in [0.15, 0.2) is 0 Å². The predicted molar refractivity (Wildman–Crippen MR) is 106 cm³/mol.